The first kappa shape index (κ1) is 12.6. The number of unbranched alkanes of at least 4 members (excludes halogenated alkanes) is 2. The second-order valence-electron chi connectivity index (χ2n) is 4.33. The van der Waals surface area contributed by atoms with E-state index in [9.17, 15) is 5.11 Å². The molecule has 18 heavy (non-hydrogen) atoms. The zero-order chi connectivity index (χ0) is 12.8. The van der Waals surface area contributed by atoms with E-state index in [2.05, 4.69) is 17.2 Å². The van der Waals surface area contributed by atoms with Crippen LogP contribution in [0.5, 0.6) is 5.75 Å². The average Bonchev–Trinajstić information content (AvgIpc) is 2.41. The summed E-state index contributed by atoms with van der Waals surface area (Å²) >= 11 is 0. The fourth-order valence-corrected chi connectivity index (χ4v) is 1.88. The van der Waals surface area contributed by atoms with E-state index in [0.717, 1.165) is 23.7 Å². The molecule has 94 valence electrons. The molecule has 0 spiro atoms. The predicted molar refractivity (Wildman–Crippen MR) is 74.5 cm³/mol. The number of phenols is 1. The molecule has 0 unspecified atom stereocenters. The van der Waals surface area contributed by atoms with Crippen LogP contribution in [0.4, 0.5) is 5.69 Å². The molecular weight excluding hydrogens is 224 g/mol. The maximum atomic E-state index is 10.1. The van der Waals surface area contributed by atoms with Crippen LogP contribution in [0.15, 0.2) is 46.6 Å². The van der Waals surface area contributed by atoms with E-state index in [4.69, 9.17) is 0 Å². The second-order valence-corrected chi connectivity index (χ2v) is 4.33. The number of hydrogen-bond acceptors (Lipinski definition) is 3. The highest BCUT2D eigenvalue weighted by Gasteiger charge is 2.04. The van der Waals surface area contributed by atoms with Gasteiger partial charge in [0, 0.05) is 5.39 Å². The average molecular weight is 242 g/mol. The number of aromatic hydroxyl groups is 1. The van der Waals surface area contributed by atoms with Crippen LogP contribution in [0.3, 0.4) is 0 Å². The van der Waals surface area contributed by atoms with Gasteiger partial charge in [-0.2, -0.15) is 10.2 Å². The van der Waals surface area contributed by atoms with Crippen molar-refractivity contribution >= 4 is 16.5 Å². The number of nitrogens with zero attached hydrogens (tertiary/aromatic N) is 2. The molecule has 0 radical (unpaired) electrons. The van der Waals surface area contributed by atoms with Crippen LogP contribution >= 0.6 is 0 Å². The smallest absolute Gasteiger partial charge is 0.150 e. The third-order valence-corrected chi connectivity index (χ3v) is 2.92. The van der Waals surface area contributed by atoms with Crippen molar-refractivity contribution in [3.8, 4) is 5.75 Å². The molecule has 0 aromatic heterocycles. The normalized spacial score (nSPS) is 11.4. The van der Waals surface area contributed by atoms with Crippen molar-refractivity contribution in [1.82, 2.24) is 0 Å². The Bertz CT molecular complexity index is 549. The lowest BCUT2D eigenvalue weighted by atomic mass is 10.1. The molecular formula is C15H18N2O. The van der Waals surface area contributed by atoms with Crippen LogP contribution in [0.2, 0.25) is 0 Å². The van der Waals surface area contributed by atoms with Crippen LogP contribution in [-0.2, 0) is 0 Å². The van der Waals surface area contributed by atoms with E-state index in [1.807, 2.05) is 30.3 Å². The molecule has 0 saturated carbocycles. The summed E-state index contributed by atoms with van der Waals surface area (Å²) in [6.07, 6.45) is 3.40. The van der Waals surface area contributed by atoms with E-state index in [1.165, 1.54) is 12.8 Å². The molecule has 2 aromatic rings. The van der Waals surface area contributed by atoms with Crippen LogP contribution in [0.25, 0.3) is 10.8 Å². The molecule has 3 heteroatoms. The van der Waals surface area contributed by atoms with E-state index in [1.54, 1.807) is 6.07 Å². The Morgan fingerprint density at radius 3 is 2.72 bits per heavy atom. The molecule has 2 rings (SSSR count). The maximum absolute atomic E-state index is 10.1. The molecule has 0 aliphatic carbocycles. The number of phenolic OH excluding ortho intramolecular Hbond substituents is 1. The SMILES string of the molecule is CCCCCN=Nc1ccc2ccccc2c1O. The summed E-state index contributed by atoms with van der Waals surface area (Å²) in [5.74, 6) is 0.215. The Morgan fingerprint density at radius 1 is 1.06 bits per heavy atom. The topological polar surface area (TPSA) is 45.0 Å². The largest absolute Gasteiger partial charge is 0.505 e. The van der Waals surface area contributed by atoms with Gasteiger partial charge in [0.1, 0.15) is 5.69 Å². The molecule has 0 amide bonds. The van der Waals surface area contributed by atoms with Gasteiger partial charge >= 0.3 is 0 Å². The van der Waals surface area contributed by atoms with Crippen LogP contribution in [-0.4, -0.2) is 11.7 Å². The summed E-state index contributed by atoms with van der Waals surface area (Å²) in [6.45, 7) is 2.88. The highest BCUT2D eigenvalue weighted by Crippen LogP contribution is 2.34. The summed E-state index contributed by atoms with van der Waals surface area (Å²) in [4.78, 5) is 0. The molecule has 0 bridgehead atoms. The summed E-state index contributed by atoms with van der Waals surface area (Å²) in [5, 5.41) is 20.1. The van der Waals surface area contributed by atoms with Crippen LogP contribution in [0.1, 0.15) is 26.2 Å². The second kappa shape index (κ2) is 6.15. The molecule has 0 aliphatic rings. The Balaban J connectivity index is 2.16. The highest BCUT2D eigenvalue weighted by atomic mass is 16.3. The molecule has 0 saturated heterocycles. The minimum Gasteiger partial charge on any atom is -0.505 e. The van der Waals surface area contributed by atoms with E-state index < -0.39 is 0 Å². The Kier molecular flexibility index (Phi) is 4.29. The first-order valence-electron chi connectivity index (χ1n) is 6.41. The van der Waals surface area contributed by atoms with E-state index in [-0.39, 0.29) is 5.75 Å². The van der Waals surface area contributed by atoms with Gasteiger partial charge < -0.3 is 5.11 Å². The Labute approximate surface area is 107 Å². The molecule has 0 heterocycles. The van der Waals surface area contributed by atoms with Crippen molar-refractivity contribution in [3.63, 3.8) is 0 Å². The lowest BCUT2D eigenvalue weighted by Crippen LogP contribution is -1.79. The van der Waals surface area contributed by atoms with Gasteiger partial charge in [0.2, 0.25) is 0 Å². The van der Waals surface area contributed by atoms with Crippen molar-refractivity contribution in [2.45, 2.75) is 26.2 Å². The zero-order valence-corrected chi connectivity index (χ0v) is 10.6. The fraction of sp³-hybridized carbons (Fsp3) is 0.333. The quantitative estimate of drug-likeness (QED) is 0.593. The first-order valence-corrected chi connectivity index (χ1v) is 6.41. The van der Waals surface area contributed by atoms with Gasteiger partial charge in [-0.25, -0.2) is 0 Å². The van der Waals surface area contributed by atoms with Gasteiger partial charge in [0.25, 0.3) is 0 Å². The standard InChI is InChI=1S/C15H18N2O/c1-2-3-6-11-16-17-14-10-9-12-7-4-5-8-13(12)15(14)18/h4-5,7-10,18H,2-3,6,11H2,1H3. The van der Waals surface area contributed by atoms with Crippen molar-refractivity contribution < 1.29 is 5.11 Å². The lowest BCUT2D eigenvalue weighted by molar-refractivity contribution is 0.482. The van der Waals surface area contributed by atoms with E-state index >= 15 is 0 Å². The van der Waals surface area contributed by atoms with Crippen molar-refractivity contribution in [2.75, 3.05) is 6.54 Å². The molecule has 1 N–H and O–H groups in total. The summed E-state index contributed by atoms with van der Waals surface area (Å²) in [6, 6.07) is 11.5. The van der Waals surface area contributed by atoms with Gasteiger partial charge in [0.15, 0.2) is 5.75 Å². The minimum atomic E-state index is 0.215. The van der Waals surface area contributed by atoms with Crippen LogP contribution < -0.4 is 0 Å². The third kappa shape index (κ3) is 2.86. The number of benzene rings is 2. The van der Waals surface area contributed by atoms with Gasteiger partial charge in [-0.3, -0.25) is 0 Å². The van der Waals surface area contributed by atoms with Crippen molar-refractivity contribution in [2.24, 2.45) is 10.2 Å². The number of azo groups is 1. The zero-order valence-electron chi connectivity index (χ0n) is 10.6. The number of rotatable bonds is 5. The molecule has 3 nitrogen and oxygen atoms in total. The van der Waals surface area contributed by atoms with Gasteiger partial charge in [-0.1, -0.05) is 50.1 Å². The number of fused-ring (bicyclic) bond motifs is 1. The van der Waals surface area contributed by atoms with Gasteiger partial charge in [-0.15, -0.1) is 0 Å². The van der Waals surface area contributed by atoms with Crippen LogP contribution in [0, 0.1) is 0 Å². The number of hydrogen-bond donors (Lipinski definition) is 1. The summed E-state index contributed by atoms with van der Waals surface area (Å²) in [7, 11) is 0. The lowest BCUT2D eigenvalue weighted by Gasteiger charge is -2.03. The third-order valence-electron chi connectivity index (χ3n) is 2.92. The van der Waals surface area contributed by atoms with Crippen molar-refractivity contribution in [1.29, 1.82) is 0 Å². The molecule has 0 atom stereocenters. The summed E-state index contributed by atoms with van der Waals surface area (Å²) in [5.41, 5.74) is 0.546. The highest BCUT2D eigenvalue weighted by molar-refractivity contribution is 5.92. The van der Waals surface area contributed by atoms with Gasteiger partial charge in [-0.05, 0) is 17.9 Å². The minimum absolute atomic E-state index is 0.215. The molecule has 0 aliphatic heterocycles. The Morgan fingerprint density at radius 2 is 1.89 bits per heavy atom. The van der Waals surface area contributed by atoms with Gasteiger partial charge in [0.05, 0.1) is 6.54 Å². The fourth-order valence-electron chi connectivity index (χ4n) is 1.88. The summed E-state index contributed by atoms with van der Waals surface area (Å²) < 4.78 is 0. The van der Waals surface area contributed by atoms with E-state index in [0.29, 0.717) is 5.69 Å². The molecule has 0 fully saturated rings. The monoisotopic (exact) mass is 242 g/mol. The predicted octanol–water partition coefficient (Wildman–Crippen LogP) is 4.82. The Hall–Kier alpha value is -1.90. The van der Waals surface area contributed by atoms with Crippen molar-refractivity contribution in [3.05, 3.63) is 36.4 Å². The maximum Gasteiger partial charge on any atom is 0.150 e. The first-order chi connectivity index (χ1) is 8.83. The molecule has 2 aromatic carbocycles.